The van der Waals surface area contributed by atoms with Gasteiger partial charge in [-0.2, -0.15) is 14.6 Å². The Morgan fingerprint density at radius 2 is 1.68 bits per heavy atom. The molecule has 0 aliphatic carbocycles. The summed E-state index contributed by atoms with van der Waals surface area (Å²) < 4.78 is 15.6. The van der Waals surface area contributed by atoms with Gasteiger partial charge < -0.3 is 9.47 Å². The van der Waals surface area contributed by atoms with Crippen LogP contribution in [0.5, 0.6) is 11.5 Å². The van der Waals surface area contributed by atoms with Crippen molar-refractivity contribution < 1.29 is 9.47 Å². The van der Waals surface area contributed by atoms with Crippen molar-refractivity contribution in [2.24, 2.45) is 0 Å². The lowest BCUT2D eigenvalue weighted by atomic mass is 9.95. The van der Waals surface area contributed by atoms with E-state index in [1.54, 1.807) is 0 Å². The van der Waals surface area contributed by atoms with Crippen LogP contribution in [-0.2, 0) is 0 Å². The number of ether oxygens (including phenoxy) is 2. The molecule has 0 bridgehead atoms. The second-order valence-corrected chi connectivity index (χ2v) is 10.9. The molecule has 198 valence electrons. The average Bonchev–Trinajstić information content (AvgIpc) is 3.64. The van der Waals surface area contributed by atoms with E-state index in [2.05, 4.69) is 43.0 Å². The first-order valence-electron chi connectivity index (χ1n) is 13.0. The topological polar surface area (TPSA) is 83.5 Å². The van der Waals surface area contributed by atoms with E-state index >= 15 is 0 Å². The summed E-state index contributed by atoms with van der Waals surface area (Å²) in [6.07, 6.45) is 3.37. The Morgan fingerprint density at radius 1 is 0.950 bits per heavy atom. The molecule has 7 rings (SSSR count). The summed E-state index contributed by atoms with van der Waals surface area (Å²) in [6.45, 7) is 6.56. The molecule has 0 fully saturated rings. The van der Waals surface area contributed by atoms with Crippen LogP contribution in [0.1, 0.15) is 34.2 Å². The van der Waals surface area contributed by atoms with E-state index in [-0.39, 0.29) is 12.2 Å². The maximum atomic E-state index is 13.5. The van der Waals surface area contributed by atoms with Crippen molar-refractivity contribution in [1.82, 2.24) is 24.4 Å². The second kappa shape index (κ2) is 9.46. The monoisotopic (exact) mass is 547 g/mol. The second-order valence-electron chi connectivity index (χ2n) is 9.93. The third-order valence-corrected chi connectivity index (χ3v) is 7.92. The highest BCUT2D eigenvalue weighted by Crippen LogP contribution is 2.35. The predicted octanol–water partition coefficient (Wildman–Crippen LogP) is 4.99. The zero-order valence-electron chi connectivity index (χ0n) is 22.2. The van der Waals surface area contributed by atoms with Crippen LogP contribution in [0.4, 0.5) is 0 Å². The molecule has 1 atom stereocenters. The van der Waals surface area contributed by atoms with Crippen molar-refractivity contribution in [1.29, 1.82) is 0 Å². The first kappa shape index (κ1) is 24.3. The molecule has 0 radical (unpaired) electrons. The van der Waals surface area contributed by atoms with Crippen LogP contribution in [0.15, 0.2) is 77.7 Å². The van der Waals surface area contributed by atoms with E-state index in [4.69, 9.17) is 14.6 Å². The highest BCUT2D eigenvalue weighted by molar-refractivity contribution is 7.15. The highest BCUT2D eigenvalue weighted by atomic mass is 32.1. The molecule has 0 spiro atoms. The number of aromatic nitrogens is 5. The van der Waals surface area contributed by atoms with Crippen LogP contribution in [0.25, 0.3) is 28.0 Å². The average molecular weight is 548 g/mol. The van der Waals surface area contributed by atoms with E-state index in [0.29, 0.717) is 26.8 Å². The van der Waals surface area contributed by atoms with Crippen molar-refractivity contribution in [2.75, 3.05) is 6.61 Å². The third-order valence-electron chi connectivity index (χ3n) is 6.96. The lowest BCUT2D eigenvalue weighted by Gasteiger charge is -2.24. The molecule has 0 saturated heterocycles. The zero-order chi connectivity index (χ0) is 27.4. The summed E-state index contributed by atoms with van der Waals surface area (Å²) in [7, 11) is 0. The maximum absolute atomic E-state index is 13.5. The fourth-order valence-corrected chi connectivity index (χ4v) is 6.13. The number of thiazole rings is 1. The molecule has 1 aliphatic rings. The standard InChI is InChI=1S/C31H25N5O3S/c1-18-13-19(2)27(20(3)14-18)28-21(16-35(33-28)22-9-5-4-6-10-22)15-26-30(37)36-31(40-26)32-29(34-36)25-17-38-23-11-7-8-12-24(23)39-25/h4-16,25H,17H2,1-3H3. The molecule has 0 N–H and O–H groups in total. The Hall–Kier alpha value is -4.76. The van der Waals surface area contributed by atoms with Gasteiger partial charge in [0.2, 0.25) is 4.96 Å². The Kier molecular flexibility index (Phi) is 5.74. The Balaban J connectivity index is 1.32. The van der Waals surface area contributed by atoms with Gasteiger partial charge >= 0.3 is 0 Å². The smallest absolute Gasteiger partial charge is 0.291 e. The normalized spacial score (nSPS) is 15.2. The van der Waals surface area contributed by atoms with E-state index in [1.807, 2.05) is 71.6 Å². The van der Waals surface area contributed by atoms with Gasteiger partial charge in [-0.15, -0.1) is 5.10 Å². The number of para-hydroxylation sites is 3. The molecular weight excluding hydrogens is 522 g/mol. The summed E-state index contributed by atoms with van der Waals surface area (Å²) in [5, 5.41) is 9.48. The van der Waals surface area contributed by atoms with E-state index in [9.17, 15) is 4.79 Å². The van der Waals surface area contributed by atoms with Crippen LogP contribution < -0.4 is 19.6 Å². The van der Waals surface area contributed by atoms with Gasteiger partial charge in [0.25, 0.3) is 5.56 Å². The number of hydrogen-bond acceptors (Lipinski definition) is 7. The number of benzene rings is 3. The number of fused-ring (bicyclic) bond motifs is 2. The quantitative estimate of drug-likeness (QED) is 0.309. The van der Waals surface area contributed by atoms with Gasteiger partial charge in [0.1, 0.15) is 12.3 Å². The van der Waals surface area contributed by atoms with Crippen molar-refractivity contribution in [3.8, 4) is 28.4 Å². The minimum Gasteiger partial charge on any atom is -0.485 e. The summed E-state index contributed by atoms with van der Waals surface area (Å²) in [5.41, 5.74) is 6.92. The van der Waals surface area contributed by atoms with Gasteiger partial charge in [0, 0.05) is 17.3 Å². The Labute approximate surface area is 233 Å². The van der Waals surface area contributed by atoms with Gasteiger partial charge in [-0.1, -0.05) is 59.4 Å². The summed E-state index contributed by atoms with van der Waals surface area (Å²) in [5.74, 6) is 1.75. The number of aryl methyl sites for hydroxylation is 3. The van der Waals surface area contributed by atoms with Crippen molar-refractivity contribution >= 4 is 22.4 Å². The molecule has 0 amide bonds. The van der Waals surface area contributed by atoms with E-state index in [0.717, 1.165) is 33.6 Å². The number of hydrogen-bond donors (Lipinski definition) is 0. The SMILES string of the molecule is Cc1cc(C)c(-c2nn(-c3ccccc3)cc2C=c2sc3nc(C4COc5ccccc5O4)nn3c2=O)c(C)c1. The molecule has 3 aromatic heterocycles. The van der Waals surface area contributed by atoms with Crippen LogP contribution in [0.2, 0.25) is 0 Å². The summed E-state index contributed by atoms with van der Waals surface area (Å²) in [6, 6.07) is 21.8. The summed E-state index contributed by atoms with van der Waals surface area (Å²) >= 11 is 1.30. The Morgan fingerprint density at radius 3 is 2.42 bits per heavy atom. The van der Waals surface area contributed by atoms with Crippen molar-refractivity contribution in [2.45, 2.75) is 26.9 Å². The maximum Gasteiger partial charge on any atom is 0.291 e. The minimum atomic E-state index is -0.489. The van der Waals surface area contributed by atoms with Gasteiger partial charge in [-0.3, -0.25) is 4.79 Å². The molecular formula is C31H25N5O3S. The zero-order valence-corrected chi connectivity index (χ0v) is 23.0. The van der Waals surface area contributed by atoms with E-state index < -0.39 is 6.10 Å². The largest absolute Gasteiger partial charge is 0.485 e. The molecule has 40 heavy (non-hydrogen) atoms. The summed E-state index contributed by atoms with van der Waals surface area (Å²) in [4.78, 5) is 18.6. The Bertz CT molecular complexity index is 1990. The van der Waals surface area contributed by atoms with E-state index in [1.165, 1.54) is 21.4 Å². The molecule has 1 aliphatic heterocycles. The van der Waals surface area contributed by atoms with Gasteiger partial charge in [0.05, 0.1) is 10.2 Å². The van der Waals surface area contributed by atoms with Gasteiger partial charge in [-0.05, 0) is 62.2 Å². The van der Waals surface area contributed by atoms with Crippen LogP contribution in [-0.4, -0.2) is 31.0 Å². The fourth-order valence-electron chi connectivity index (χ4n) is 5.23. The predicted molar refractivity (Wildman–Crippen MR) is 154 cm³/mol. The molecule has 6 aromatic rings. The number of rotatable bonds is 4. The molecule has 4 heterocycles. The molecule has 1 unspecified atom stereocenters. The fraction of sp³-hybridized carbons (Fsp3) is 0.161. The first-order valence-corrected chi connectivity index (χ1v) is 13.8. The van der Waals surface area contributed by atoms with Crippen LogP contribution in [0.3, 0.4) is 0 Å². The lowest BCUT2D eigenvalue weighted by molar-refractivity contribution is 0.0852. The highest BCUT2D eigenvalue weighted by Gasteiger charge is 2.27. The van der Waals surface area contributed by atoms with Crippen molar-refractivity contribution in [3.05, 3.63) is 116 Å². The minimum absolute atomic E-state index is 0.230. The third kappa shape index (κ3) is 4.15. The molecule has 9 heteroatoms. The van der Waals surface area contributed by atoms with Gasteiger partial charge in [0.15, 0.2) is 23.4 Å². The molecule has 3 aromatic carbocycles. The lowest BCUT2D eigenvalue weighted by Crippen LogP contribution is -2.26. The molecule has 0 saturated carbocycles. The molecule has 8 nitrogen and oxygen atoms in total. The van der Waals surface area contributed by atoms with Crippen LogP contribution in [0, 0.1) is 20.8 Å². The first-order chi connectivity index (χ1) is 19.4. The van der Waals surface area contributed by atoms with Gasteiger partial charge in [-0.25, -0.2) is 4.68 Å². The van der Waals surface area contributed by atoms with Crippen LogP contribution >= 0.6 is 11.3 Å². The van der Waals surface area contributed by atoms with Crippen molar-refractivity contribution in [3.63, 3.8) is 0 Å². The number of nitrogens with zero attached hydrogens (tertiary/aromatic N) is 5.